The van der Waals surface area contributed by atoms with Crippen molar-refractivity contribution in [2.45, 2.75) is 45.6 Å². The highest BCUT2D eigenvalue weighted by atomic mass is 79.9. The van der Waals surface area contributed by atoms with E-state index < -0.39 is 0 Å². The van der Waals surface area contributed by atoms with Crippen LogP contribution < -0.4 is 10.6 Å². The van der Waals surface area contributed by atoms with Gasteiger partial charge in [-0.05, 0) is 52.9 Å². The first-order valence-corrected chi connectivity index (χ1v) is 8.55. The molecule has 0 spiro atoms. The second kappa shape index (κ2) is 6.90. The summed E-state index contributed by atoms with van der Waals surface area (Å²) in [4.78, 5) is 3.01. The van der Waals surface area contributed by atoms with Crippen molar-refractivity contribution < 1.29 is 0 Å². The molecule has 1 fully saturated rings. The molecule has 20 heavy (non-hydrogen) atoms. The Hall–Kier alpha value is -0.610. The van der Waals surface area contributed by atoms with Crippen LogP contribution in [0.4, 0.5) is 5.69 Å². The monoisotopic (exact) mass is 354 g/mol. The quantitative estimate of drug-likeness (QED) is 0.789. The molecule has 4 heteroatoms. The molecule has 2 nitrogen and oxygen atoms in total. The summed E-state index contributed by atoms with van der Waals surface area (Å²) in [5.74, 6) is 0.657. The Labute approximate surface area is 135 Å². The van der Waals surface area contributed by atoms with Gasteiger partial charge in [0, 0.05) is 28.3 Å². The molecule has 0 radical (unpaired) electrons. The predicted molar refractivity (Wildman–Crippen MR) is 94.5 cm³/mol. The van der Waals surface area contributed by atoms with Crippen LogP contribution >= 0.6 is 28.1 Å². The van der Waals surface area contributed by atoms with Gasteiger partial charge in [-0.25, -0.2) is 0 Å². The van der Waals surface area contributed by atoms with Crippen LogP contribution in [-0.4, -0.2) is 17.6 Å². The predicted octanol–water partition coefficient (Wildman–Crippen LogP) is 4.49. The lowest BCUT2D eigenvalue weighted by Gasteiger charge is -2.33. The lowest BCUT2D eigenvalue weighted by molar-refractivity contribution is 0.536. The Morgan fingerprint density at radius 3 is 2.55 bits per heavy atom. The van der Waals surface area contributed by atoms with Gasteiger partial charge >= 0.3 is 0 Å². The van der Waals surface area contributed by atoms with E-state index in [0.29, 0.717) is 16.9 Å². The molecule has 1 aromatic rings. The molecule has 1 saturated carbocycles. The Kier molecular flexibility index (Phi) is 5.44. The number of nitrogens with two attached hydrogens (primary N) is 1. The van der Waals surface area contributed by atoms with Gasteiger partial charge in [-0.15, -0.1) is 0 Å². The molecule has 0 atom stereocenters. The van der Waals surface area contributed by atoms with Crippen LogP contribution in [0.5, 0.6) is 0 Å². The fourth-order valence-corrected chi connectivity index (χ4v) is 3.85. The van der Waals surface area contributed by atoms with Gasteiger partial charge in [0.25, 0.3) is 0 Å². The third-order valence-electron chi connectivity index (χ3n) is 3.88. The molecular weight excluding hydrogens is 332 g/mol. The Morgan fingerprint density at radius 2 is 2.05 bits per heavy atom. The van der Waals surface area contributed by atoms with E-state index >= 15 is 0 Å². The van der Waals surface area contributed by atoms with Crippen LogP contribution in [0.15, 0.2) is 22.7 Å². The number of anilines is 1. The Balaban J connectivity index is 2.28. The number of nitrogens with zero attached hydrogens (tertiary/aromatic N) is 1. The molecule has 1 aliphatic carbocycles. The van der Waals surface area contributed by atoms with E-state index in [1.54, 1.807) is 0 Å². The first kappa shape index (κ1) is 15.8. The summed E-state index contributed by atoms with van der Waals surface area (Å²) in [5, 5.41) is 0. The van der Waals surface area contributed by atoms with Crippen LogP contribution in [-0.2, 0) is 0 Å². The lowest BCUT2D eigenvalue weighted by Crippen LogP contribution is -2.36. The minimum Gasteiger partial charge on any atom is -0.389 e. The van der Waals surface area contributed by atoms with Gasteiger partial charge in [0.2, 0.25) is 0 Å². The van der Waals surface area contributed by atoms with Gasteiger partial charge in [-0.3, -0.25) is 0 Å². The van der Waals surface area contributed by atoms with Crippen LogP contribution in [0, 0.1) is 5.92 Å². The maximum Gasteiger partial charge on any atom is 0.105 e. The van der Waals surface area contributed by atoms with E-state index in [1.165, 1.54) is 31.4 Å². The number of halogens is 1. The molecule has 0 aromatic heterocycles. The molecule has 2 N–H and O–H groups in total. The van der Waals surface area contributed by atoms with Gasteiger partial charge in [0.1, 0.15) is 4.99 Å². The number of thiocarbonyl (C=S) groups is 1. The number of rotatable bonds is 5. The van der Waals surface area contributed by atoms with Crippen molar-refractivity contribution in [3.05, 3.63) is 28.2 Å². The zero-order valence-corrected chi connectivity index (χ0v) is 14.6. The van der Waals surface area contributed by atoms with Gasteiger partial charge < -0.3 is 10.6 Å². The highest BCUT2D eigenvalue weighted by Crippen LogP contribution is 2.31. The summed E-state index contributed by atoms with van der Waals surface area (Å²) < 4.78 is 0.995. The van der Waals surface area contributed by atoms with Gasteiger partial charge in [-0.1, -0.05) is 38.9 Å². The normalized spacial score (nSPS) is 15.8. The first-order valence-electron chi connectivity index (χ1n) is 7.35. The molecule has 1 aromatic carbocycles. The molecule has 1 aliphatic rings. The van der Waals surface area contributed by atoms with Gasteiger partial charge in [0.05, 0.1) is 0 Å². The molecule has 2 rings (SSSR count). The summed E-state index contributed by atoms with van der Waals surface area (Å²) in [7, 11) is 0. The maximum atomic E-state index is 5.73. The summed E-state index contributed by atoms with van der Waals surface area (Å²) in [6.45, 7) is 5.66. The topological polar surface area (TPSA) is 29.3 Å². The summed E-state index contributed by atoms with van der Waals surface area (Å²) in [6.07, 6.45) is 5.32. The van der Waals surface area contributed by atoms with Crippen molar-refractivity contribution in [1.82, 2.24) is 0 Å². The molecule has 0 aliphatic heterocycles. The van der Waals surface area contributed by atoms with E-state index in [9.17, 15) is 0 Å². The average molecular weight is 355 g/mol. The second-order valence-electron chi connectivity index (χ2n) is 6.01. The third kappa shape index (κ3) is 3.73. The van der Waals surface area contributed by atoms with E-state index in [1.807, 2.05) is 6.07 Å². The second-order valence-corrected chi connectivity index (χ2v) is 7.31. The fraction of sp³-hybridized carbons (Fsp3) is 0.562. The zero-order valence-electron chi connectivity index (χ0n) is 12.2. The van der Waals surface area contributed by atoms with E-state index in [0.717, 1.165) is 16.6 Å². The highest BCUT2D eigenvalue weighted by molar-refractivity contribution is 9.10. The van der Waals surface area contributed by atoms with Crippen LogP contribution in [0.25, 0.3) is 0 Å². The highest BCUT2D eigenvalue weighted by Gasteiger charge is 2.24. The van der Waals surface area contributed by atoms with Crippen LogP contribution in [0.1, 0.15) is 45.1 Å². The van der Waals surface area contributed by atoms with Crippen molar-refractivity contribution in [3.8, 4) is 0 Å². The van der Waals surface area contributed by atoms with Gasteiger partial charge in [-0.2, -0.15) is 0 Å². The molecule has 110 valence electrons. The largest absolute Gasteiger partial charge is 0.389 e. The van der Waals surface area contributed by atoms with Crippen molar-refractivity contribution in [2.24, 2.45) is 11.7 Å². The minimum atomic E-state index is 0.444. The maximum absolute atomic E-state index is 5.73. The van der Waals surface area contributed by atoms with E-state index in [4.69, 9.17) is 18.0 Å². The van der Waals surface area contributed by atoms with E-state index in [-0.39, 0.29) is 0 Å². The van der Waals surface area contributed by atoms with Gasteiger partial charge in [0.15, 0.2) is 0 Å². The average Bonchev–Trinajstić information content (AvgIpc) is 2.88. The first-order chi connectivity index (χ1) is 9.49. The Bertz CT molecular complexity index is 481. The Morgan fingerprint density at radius 1 is 1.40 bits per heavy atom. The van der Waals surface area contributed by atoms with Crippen molar-refractivity contribution in [3.63, 3.8) is 0 Å². The molecule has 0 amide bonds. The minimum absolute atomic E-state index is 0.444. The molecular formula is C16H23BrN2S. The summed E-state index contributed by atoms with van der Waals surface area (Å²) in [6, 6.07) is 7.03. The zero-order chi connectivity index (χ0) is 14.7. The van der Waals surface area contributed by atoms with Crippen molar-refractivity contribution in [1.29, 1.82) is 0 Å². The number of hydrogen-bond acceptors (Lipinski definition) is 2. The number of benzene rings is 1. The van der Waals surface area contributed by atoms with Crippen molar-refractivity contribution in [2.75, 3.05) is 11.4 Å². The molecule has 0 heterocycles. The van der Waals surface area contributed by atoms with E-state index in [2.05, 4.69) is 46.8 Å². The summed E-state index contributed by atoms with van der Waals surface area (Å²) in [5.41, 5.74) is 7.92. The number of hydrogen-bond donors (Lipinski definition) is 1. The van der Waals surface area contributed by atoms with Crippen molar-refractivity contribution >= 4 is 38.8 Å². The SMILES string of the molecule is CC(C)CN(c1ccc(C(N)=S)c(Br)c1)C1CCCC1. The molecule has 0 saturated heterocycles. The summed E-state index contributed by atoms with van der Waals surface area (Å²) >= 11 is 8.67. The lowest BCUT2D eigenvalue weighted by atomic mass is 10.1. The molecule has 0 unspecified atom stereocenters. The third-order valence-corrected chi connectivity index (χ3v) is 4.75. The molecule has 0 bridgehead atoms. The smallest absolute Gasteiger partial charge is 0.105 e. The van der Waals surface area contributed by atoms with Crippen LogP contribution in [0.3, 0.4) is 0 Å². The van der Waals surface area contributed by atoms with Crippen LogP contribution in [0.2, 0.25) is 0 Å². The standard InChI is InChI=1S/C16H23BrN2S/c1-11(2)10-19(12-5-3-4-6-12)13-7-8-14(16(18)20)15(17)9-13/h7-9,11-12H,3-6,10H2,1-2H3,(H2,18,20). The fourth-order valence-electron chi connectivity index (χ4n) is 2.96.